The van der Waals surface area contributed by atoms with E-state index in [1.807, 2.05) is 0 Å². The van der Waals surface area contributed by atoms with Gasteiger partial charge in [0.15, 0.2) is 0 Å². The minimum atomic E-state index is -1.05. The summed E-state index contributed by atoms with van der Waals surface area (Å²) in [6.07, 6.45) is 1.43. The van der Waals surface area contributed by atoms with Gasteiger partial charge < -0.3 is 10.6 Å². The molecule has 0 bridgehead atoms. The molecular formula is C25H18Cl3F3N2O. The van der Waals surface area contributed by atoms with Gasteiger partial charge in [0.1, 0.15) is 21.8 Å². The number of alkyl halides is 2. The number of hydrogen-bond acceptors (Lipinski definition) is 2. The van der Waals surface area contributed by atoms with E-state index in [0.717, 1.165) is 17.7 Å². The van der Waals surface area contributed by atoms with E-state index in [9.17, 15) is 18.0 Å². The van der Waals surface area contributed by atoms with E-state index in [-0.39, 0.29) is 33.9 Å². The largest absolute Gasteiger partial charge is 0.385 e. The molecule has 0 aromatic heterocycles. The van der Waals surface area contributed by atoms with Crippen LogP contribution in [0.15, 0.2) is 61.2 Å². The van der Waals surface area contributed by atoms with Crippen molar-refractivity contribution in [2.45, 2.75) is 10.3 Å². The number of carbonyl (C=O) groups excluding carboxylic acids is 1. The van der Waals surface area contributed by atoms with Crippen molar-refractivity contribution in [1.29, 1.82) is 0 Å². The highest BCUT2D eigenvalue weighted by molar-refractivity contribution is 6.52. The summed E-state index contributed by atoms with van der Waals surface area (Å²) >= 11 is 19.1. The molecule has 34 heavy (non-hydrogen) atoms. The molecule has 3 nitrogen and oxygen atoms in total. The molecule has 4 rings (SSSR count). The Kier molecular flexibility index (Phi) is 6.85. The highest BCUT2D eigenvalue weighted by atomic mass is 35.5. The van der Waals surface area contributed by atoms with Crippen molar-refractivity contribution >= 4 is 58.2 Å². The van der Waals surface area contributed by atoms with Gasteiger partial charge in [0.2, 0.25) is 0 Å². The Hall–Kier alpha value is -2.67. The van der Waals surface area contributed by atoms with Gasteiger partial charge in [0.25, 0.3) is 5.91 Å². The number of anilines is 2. The standard InChI is InChI=1S/C25H18Cl3F3N2O/c1-2-13-9-14(3-7-20(13)30)23-18(25(23,27)28)12-32-16-5-6-19(26)17(11-16)24(34)33-22-8-4-15(29)10-21(22)31/h2-11,18,23,32H,1,12H2,(H,33,34). The number of halogens is 6. The fraction of sp³-hybridized carbons (Fsp3) is 0.160. The number of benzene rings is 3. The molecule has 1 fully saturated rings. The number of hydrogen-bond donors (Lipinski definition) is 2. The van der Waals surface area contributed by atoms with Gasteiger partial charge in [-0.2, -0.15) is 0 Å². The summed E-state index contributed by atoms with van der Waals surface area (Å²) in [6.45, 7) is 3.98. The molecule has 1 saturated carbocycles. The topological polar surface area (TPSA) is 41.1 Å². The van der Waals surface area contributed by atoms with Gasteiger partial charge >= 0.3 is 0 Å². The molecule has 1 amide bonds. The second-order valence-electron chi connectivity index (χ2n) is 7.90. The molecule has 0 spiro atoms. The van der Waals surface area contributed by atoms with E-state index in [1.54, 1.807) is 18.2 Å². The fourth-order valence-electron chi connectivity index (χ4n) is 3.83. The van der Waals surface area contributed by atoms with Crippen LogP contribution in [0.2, 0.25) is 5.02 Å². The Morgan fingerprint density at radius 1 is 1.03 bits per heavy atom. The van der Waals surface area contributed by atoms with Gasteiger partial charge in [-0.1, -0.05) is 30.3 Å². The monoisotopic (exact) mass is 524 g/mol. The molecule has 3 aromatic carbocycles. The highest BCUT2D eigenvalue weighted by Gasteiger charge is 2.63. The number of rotatable bonds is 7. The lowest BCUT2D eigenvalue weighted by Gasteiger charge is -2.11. The fourth-order valence-corrected chi connectivity index (χ4v) is 4.87. The van der Waals surface area contributed by atoms with Crippen LogP contribution >= 0.6 is 34.8 Å². The zero-order valence-electron chi connectivity index (χ0n) is 17.5. The smallest absolute Gasteiger partial charge is 0.257 e. The summed E-state index contributed by atoms with van der Waals surface area (Å²) < 4.78 is 39.7. The van der Waals surface area contributed by atoms with Crippen molar-refractivity contribution in [3.05, 3.63) is 100 Å². The molecule has 9 heteroatoms. The van der Waals surface area contributed by atoms with E-state index >= 15 is 0 Å². The molecule has 1 aliphatic carbocycles. The Balaban J connectivity index is 1.46. The predicted octanol–water partition coefficient (Wildman–Crippen LogP) is 7.65. The first kappa shape index (κ1) is 24.5. The van der Waals surface area contributed by atoms with Crippen molar-refractivity contribution in [2.75, 3.05) is 17.2 Å². The van der Waals surface area contributed by atoms with Crippen LogP contribution in [-0.2, 0) is 0 Å². The summed E-state index contributed by atoms with van der Waals surface area (Å²) in [5.41, 5.74) is 1.65. The van der Waals surface area contributed by atoms with Gasteiger partial charge in [-0.05, 0) is 48.0 Å². The first-order valence-electron chi connectivity index (χ1n) is 10.2. The summed E-state index contributed by atoms with van der Waals surface area (Å²) in [5.74, 6) is -3.10. The zero-order valence-corrected chi connectivity index (χ0v) is 19.8. The molecule has 1 aliphatic rings. The second-order valence-corrected chi connectivity index (χ2v) is 9.75. The Morgan fingerprint density at radius 2 is 1.79 bits per heavy atom. The quantitative estimate of drug-likeness (QED) is 0.311. The third kappa shape index (κ3) is 4.90. The van der Waals surface area contributed by atoms with Crippen LogP contribution in [0.4, 0.5) is 24.5 Å². The van der Waals surface area contributed by atoms with Crippen LogP contribution < -0.4 is 10.6 Å². The number of nitrogens with one attached hydrogen (secondary N) is 2. The van der Waals surface area contributed by atoms with Crippen LogP contribution in [0, 0.1) is 23.4 Å². The van der Waals surface area contributed by atoms with E-state index in [4.69, 9.17) is 34.8 Å². The zero-order chi connectivity index (χ0) is 24.6. The van der Waals surface area contributed by atoms with Gasteiger partial charge in [-0.15, -0.1) is 23.2 Å². The van der Waals surface area contributed by atoms with Gasteiger partial charge in [-0.3, -0.25) is 4.79 Å². The summed E-state index contributed by atoms with van der Waals surface area (Å²) in [6, 6.07) is 12.2. The van der Waals surface area contributed by atoms with Crippen molar-refractivity contribution in [1.82, 2.24) is 0 Å². The lowest BCUT2D eigenvalue weighted by molar-refractivity contribution is 0.102. The van der Waals surface area contributed by atoms with Crippen LogP contribution in [0.1, 0.15) is 27.4 Å². The molecule has 0 aliphatic heterocycles. The molecular weight excluding hydrogens is 508 g/mol. The van der Waals surface area contributed by atoms with Gasteiger partial charge in [-0.25, -0.2) is 13.2 Å². The van der Waals surface area contributed by atoms with Crippen LogP contribution in [0.5, 0.6) is 0 Å². The number of amides is 1. The lowest BCUT2D eigenvalue weighted by Crippen LogP contribution is -2.15. The third-order valence-electron chi connectivity index (χ3n) is 5.72. The number of carbonyl (C=O) groups is 1. The van der Waals surface area contributed by atoms with Gasteiger partial charge in [0.05, 0.1) is 16.3 Å². The lowest BCUT2D eigenvalue weighted by atomic mass is 10.0. The van der Waals surface area contributed by atoms with Crippen LogP contribution in [-0.4, -0.2) is 16.8 Å². The maximum Gasteiger partial charge on any atom is 0.257 e. The molecule has 176 valence electrons. The molecule has 2 N–H and O–H groups in total. The Labute approximate surface area is 209 Å². The molecule has 0 radical (unpaired) electrons. The van der Waals surface area contributed by atoms with Crippen molar-refractivity contribution in [3.8, 4) is 0 Å². The van der Waals surface area contributed by atoms with Crippen LogP contribution in [0.25, 0.3) is 6.08 Å². The maximum atomic E-state index is 13.9. The van der Waals surface area contributed by atoms with Crippen molar-refractivity contribution in [2.24, 2.45) is 5.92 Å². The normalized spacial score (nSPS) is 18.3. The van der Waals surface area contributed by atoms with E-state index in [1.165, 1.54) is 24.3 Å². The molecule has 2 atom stereocenters. The second kappa shape index (κ2) is 9.53. The van der Waals surface area contributed by atoms with Gasteiger partial charge in [0, 0.05) is 35.7 Å². The van der Waals surface area contributed by atoms with Crippen molar-refractivity contribution in [3.63, 3.8) is 0 Å². The minimum Gasteiger partial charge on any atom is -0.385 e. The molecule has 3 aromatic rings. The highest BCUT2D eigenvalue weighted by Crippen LogP contribution is 2.64. The predicted molar refractivity (Wildman–Crippen MR) is 131 cm³/mol. The third-order valence-corrected chi connectivity index (χ3v) is 7.08. The molecule has 0 saturated heterocycles. The average molecular weight is 526 g/mol. The average Bonchev–Trinajstić information content (AvgIpc) is 3.35. The maximum absolute atomic E-state index is 13.9. The summed E-state index contributed by atoms with van der Waals surface area (Å²) in [4.78, 5) is 12.6. The Morgan fingerprint density at radius 3 is 2.50 bits per heavy atom. The first-order valence-corrected chi connectivity index (χ1v) is 11.3. The molecule has 2 unspecified atom stereocenters. The summed E-state index contributed by atoms with van der Waals surface area (Å²) in [7, 11) is 0. The van der Waals surface area contributed by atoms with E-state index in [2.05, 4.69) is 17.2 Å². The summed E-state index contributed by atoms with van der Waals surface area (Å²) in [5, 5.41) is 5.72. The van der Waals surface area contributed by atoms with E-state index in [0.29, 0.717) is 23.9 Å². The first-order chi connectivity index (χ1) is 16.1. The minimum absolute atomic E-state index is 0.0971. The molecule has 0 heterocycles. The van der Waals surface area contributed by atoms with Crippen molar-refractivity contribution < 1.29 is 18.0 Å². The Bertz CT molecular complexity index is 1280. The van der Waals surface area contributed by atoms with E-state index < -0.39 is 21.9 Å². The van der Waals surface area contributed by atoms with Crippen LogP contribution in [0.3, 0.4) is 0 Å². The SMILES string of the molecule is C=Cc1cc(C2C(CNc3ccc(Cl)c(C(=O)Nc4ccc(F)cc4F)c3)C2(Cl)Cl)ccc1F.